The van der Waals surface area contributed by atoms with Crippen molar-refractivity contribution in [3.05, 3.63) is 35.3 Å². The number of hydrogen-bond donors (Lipinski definition) is 1. The van der Waals surface area contributed by atoms with E-state index in [1.807, 2.05) is 6.92 Å². The molecule has 0 aliphatic rings. The molecule has 0 unspecified atom stereocenters. The Hall–Kier alpha value is -1.89. The average molecular weight is 284 g/mol. The van der Waals surface area contributed by atoms with Crippen LogP contribution in [-0.2, 0) is 13.1 Å². The molecule has 1 aromatic carbocycles. The van der Waals surface area contributed by atoms with Crippen molar-refractivity contribution < 1.29 is 13.2 Å². The lowest BCUT2D eigenvalue weighted by atomic mass is 10.1. The molecule has 1 heterocycles. The van der Waals surface area contributed by atoms with Gasteiger partial charge < -0.3 is 5.73 Å². The number of unbranched alkanes of at least 4 members (excludes halogenated alkanes) is 1. The summed E-state index contributed by atoms with van der Waals surface area (Å²) in [5, 5.41) is 7.76. The summed E-state index contributed by atoms with van der Waals surface area (Å²) < 4.78 is 41.8. The highest BCUT2D eigenvalue weighted by Crippen LogP contribution is 2.28. The molecule has 2 aromatic rings. The average Bonchev–Trinajstić information content (AvgIpc) is 2.85. The van der Waals surface area contributed by atoms with Crippen LogP contribution >= 0.6 is 0 Å². The Morgan fingerprint density at radius 2 is 1.95 bits per heavy atom. The summed E-state index contributed by atoms with van der Waals surface area (Å²) in [6.45, 7) is 2.55. The molecule has 2 N–H and O–H groups in total. The molecule has 0 saturated heterocycles. The lowest BCUT2D eigenvalue weighted by Crippen LogP contribution is -2.07. The second-order valence-electron chi connectivity index (χ2n) is 4.39. The van der Waals surface area contributed by atoms with Gasteiger partial charge in [0.25, 0.3) is 0 Å². The van der Waals surface area contributed by atoms with Crippen LogP contribution in [0, 0.1) is 17.5 Å². The predicted molar refractivity (Wildman–Crippen MR) is 68.1 cm³/mol. The van der Waals surface area contributed by atoms with Crippen molar-refractivity contribution in [1.29, 1.82) is 0 Å². The minimum absolute atomic E-state index is 0.0416. The number of aromatic nitrogens is 3. The van der Waals surface area contributed by atoms with Crippen LogP contribution in [0.3, 0.4) is 0 Å². The highest BCUT2D eigenvalue weighted by molar-refractivity contribution is 5.62. The molecule has 0 radical (unpaired) electrons. The smallest absolute Gasteiger partial charge is 0.195 e. The molecule has 0 aliphatic carbocycles. The van der Waals surface area contributed by atoms with Gasteiger partial charge in [0.05, 0.1) is 5.69 Å². The zero-order chi connectivity index (χ0) is 14.7. The van der Waals surface area contributed by atoms with Crippen LogP contribution in [0.2, 0.25) is 0 Å². The van der Waals surface area contributed by atoms with Gasteiger partial charge in [-0.05, 0) is 18.6 Å². The van der Waals surface area contributed by atoms with Gasteiger partial charge in [0, 0.05) is 18.7 Å². The van der Waals surface area contributed by atoms with Gasteiger partial charge in [0.2, 0.25) is 0 Å². The van der Waals surface area contributed by atoms with E-state index in [0.29, 0.717) is 17.9 Å². The molecule has 0 bridgehead atoms. The zero-order valence-electron chi connectivity index (χ0n) is 11.0. The topological polar surface area (TPSA) is 56.7 Å². The summed E-state index contributed by atoms with van der Waals surface area (Å²) in [5.74, 6) is -3.98. The monoisotopic (exact) mass is 284 g/mol. The van der Waals surface area contributed by atoms with Crippen LogP contribution in [0.1, 0.15) is 25.5 Å². The summed E-state index contributed by atoms with van der Waals surface area (Å²) in [6.07, 6.45) is 1.73. The summed E-state index contributed by atoms with van der Waals surface area (Å²) in [5.41, 5.74) is 6.12. The van der Waals surface area contributed by atoms with Gasteiger partial charge in [-0.25, -0.2) is 17.9 Å². The van der Waals surface area contributed by atoms with Crippen LogP contribution in [0.5, 0.6) is 0 Å². The van der Waals surface area contributed by atoms with Crippen molar-refractivity contribution in [3.8, 4) is 11.3 Å². The summed E-state index contributed by atoms with van der Waals surface area (Å²) >= 11 is 0. The molecule has 0 saturated carbocycles. The van der Waals surface area contributed by atoms with E-state index in [-0.39, 0.29) is 12.1 Å². The van der Waals surface area contributed by atoms with E-state index in [0.717, 1.165) is 18.9 Å². The number of benzene rings is 1. The van der Waals surface area contributed by atoms with Crippen LogP contribution in [0.15, 0.2) is 12.1 Å². The van der Waals surface area contributed by atoms with Crippen LogP contribution < -0.4 is 5.73 Å². The molecule has 0 fully saturated rings. The maximum Gasteiger partial charge on any atom is 0.195 e. The van der Waals surface area contributed by atoms with Gasteiger partial charge in [-0.1, -0.05) is 18.6 Å². The van der Waals surface area contributed by atoms with Crippen molar-refractivity contribution in [2.24, 2.45) is 5.73 Å². The normalized spacial score (nSPS) is 11.1. The second kappa shape index (κ2) is 6.04. The summed E-state index contributed by atoms with van der Waals surface area (Å²) in [4.78, 5) is 0. The van der Waals surface area contributed by atoms with Gasteiger partial charge in [-0.3, -0.25) is 0 Å². The number of nitrogens with zero attached hydrogens (tertiary/aromatic N) is 3. The number of aryl methyl sites for hydroxylation is 1. The molecular weight excluding hydrogens is 269 g/mol. The third-order valence-electron chi connectivity index (χ3n) is 3.01. The minimum atomic E-state index is -1.51. The Kier molecular flexibility index (Phi) is 4.39. The Labute approximate surface area is 114 Å². The van der Waals surface area contributed by atoms with Crippen LogP contribution in [-0.4, -0.2) is 15.0 Å². The van der Waals surface area contributed by atoms with E-state index in [9.17, 15) is 13.2 Å². The first kappa shape index (κ1) is 14.5. The third-order valence-corrected chi connectivity index (χ3v) is 3.01. The molecule has 0 atom stereocenters. The molecule has 0 spiro atoms. The van der Waals surface area contributed by atoms with Crippen molar-refractivity contribution >= 4 is 0 Å². The van der Waals surface area contributed by atoms with Gasteiger partial charge in [-0.2, -0.15) is 0 Å². The second-order valence-corrected chi connectivity index (χ2v) is 4.39. The van der Waals surface area contributed by atoms with E-state index in [4.69, 9.17) is 5.73 Å². The van der Waals surface area contributed by atoms with Gasteiger partial charge >= 0.3 is 0 Å². The SMILES string of the molecule is CCCCn1nnc(CN)c1-c1ccc(F)c(F)c1F. The van der Waals surface area contributed by atoms with Crippen LogP contribution in [0.4, 0.5) is 13.2 Å². The maximum absolute atomic E-state index is 13.9. The number of halogens is 3. The molecule has 0 amide bonds. The third kappa shape index (κ3) is 2.53. The molecular formula is C13H15F3N4. The van der Waals surface area contributed by atoms with E-state index in [2.05, 4.69) is 10.3 Å². The number of hydrogen-bond acceptors (Lipinski definition) is 3. The Morgan fingerprint density at radius 1 is 1.20 bits per heavy atom. The minimum Gasteiger partial charge on any atom is -0.325 e. The van der Waals surface area contributed by atoms with E-state index in [1.165, 1.54) is 10.7 Å². The van der Waals surface area contributed by atoms with Gasteiger partial charge in [-0.15, -0.1) is 5.10 Å². The summed E-state index contributed by atoms with van der Waals surface area (Å²) in [6, 6.07) is 2.05. The largest absolute Gasteiger partial charge is 0.325 e. The van der Waals surface area contributed by atoms with E-state index in [1.54, 1.807) is 0 Å². The van der Waals surface area contributed by atoms with Crippen LogP contribution in [0.25, 0.3) is 11.3 Å². The van der Waals surface area contributed by atoms with Crippen molar-refractivity contribution in [3.63, 3.8) is 0 Å². The fourth-order valence-corrected chi connectivity index (χ4v) is 1.95. The molecule has 7 heteroatoms. The number of nitrogens with two attached hydrogens (primary N) is 1. The fourth-order valence-electron chi connectivity index (χ4n) is 1.95. The molecule has 2 rings (SSSR count). The van der Waals surface area contributed by atoms with Crippen molar-refractivity contribution in [1.82, 2.24) is 15.0 Å². The Balaban J connectivity index is 2.56. The molecule has 1 aromatic heterocycles. The van der Waals surface area contributed by atoms with E-state index >= 15 is 0 Å². The highest BCUT2D eigenvalue weighted by Gasteiger charge is 2.21. The predicted octanol–water partition coefficient (Wildman–Crippen LogP) is 2.62. The molecule has 0 aliphatic heterocycles. The van der Waals surface area contributed by atoms with Crippen molar-refractivity contribution in [2.75, 3.05) is 0 Å². The first-order valence-electron chi connectivity index (χ1n) is 6.36. The summed E-state index contributed by atoms with van der Waals surface area (Å²) in [7, 11) is 0. The lowest BCUT2D eigenvalue weighted by Gasteiger charge is -2.09. The Morgan fingerprint density at radius 3 is 2.60 bits per heavy atom. The van der Waals surface area contributed by atoms with Gasteiger partial charge in [0.1, 0.15) is 5.69 Å². The maximum atomic E-state index is 13.9. The Bertz CT molecular complexity index is 610. The first-order chi connectivity index (χ1) is 9.60. The first-order valence-corrected chi connectivity index (χ1v) is 6.36. The van der Waals surface area contributed by atoms with Crippen molar-refractivity contribution in [2.45, 2.75) is 32.9 Å². The quantitative estimate of drug-likeness (QED) is 0.859. The molecule has 20 heavy (non-hydrogen) atoms. The number of rotatable bonds is 5. The molecule has 4 nitrogen and oxygen atoms in total. The lowest BCUT2D eigenvalue weighted by molar-refractivity contribution is 0.448. The van der Waals surface area contributed by atoms with Gasteiger partial charge in [0.15, 0.2) is 17.5 Å². The highest BCUT2D eigenvalue weighted by atomic mass is 19.2. The van der Waals surface area contributed by atoms with E-state index < -0.39 is 17.5 Å². The standard InChI is InChI=1S/C13H15F3N4/c1-2-3-6-20-13(10(7-17)18-19-20)8-4-5-9(14)12(16)11(8)15/h4-5H,2-3,6-7,17H2,1H3. The fraction of sp³-hybridized carbons (Fsp3) is 0.385. The molecule has 108 valence electrons. The zero-order valence-corrected chi connectivity index (χ0v) is 11.0.